The number of hydrogen-bond donors (Lipinski definition) is 4. The van der Waals surface area contributed by atoms with Gasteiger partial charge in [-0.25, -0.2) is 0 Å². The summed E-state index contributed by atoms with van der Waals surface area (Å²) in [6, 6.07) is 0. The predicted molar refractivity (Wildman–Crippen MR) is 116 cm³/mol. The number of carbonyl (C=O) groups excluding carboxylic acids is 2. The Labute approximate surface area is 189 Å². The van der Waals surface area contributed by atoms with Crippen molar-refractivity contribution in [3.05, 3.63) is 23.3 Å². The van der Waals surface area contributed by atoms with Crippen molar-refractivity contribution in [1.29, 1.82) is 0 Å². The number of fused-ring (bicyclic) bond motifs is 3. The van der Waals surface area contributed by atoms with Gasteiger partial charge in [-0.15, -0.1) is 0 Å². The number of esters is 1. The fraction of sp³-hybridized carbons (Fsp3) is 0.760. The van der Waals surface area contributed by atoms with Crippen molar-refractivity contribution in [2.45, 2.75) is 78.3 Å². The van der Waals surface area contributed by atoms with Gasteiger partial charge in [-0.3, -0.25) is 9.59 Å². The fourth-order valence-corrected chi connectivity index (χ4v) is 6.98. The molecule has 0 heterocycles. The van der Waals surface area contributed by atoms with Gasteiger partial charge in [-0.2, -0.15) is 0 Å². The van der Waals surface area contributed by atoms with E-state index in [-0.39, 0.29) is 17.8 Å². The van der Waals surface area contributed by atoms with E-state index in [1.165, 1.54) is 6.08 Å². The Morgan fingerprint density at radius 1 is 1.25 bits per heavy atom. The topological polar surface area (TPSA) is 124 Å². The summed E-state index contributed by atoms with van der Waals surface area (Å²) in [4.78, 5) is 27.0. The van der Waals surface area contributed by atoms with Crippen molar-refractivity contribution >= 4 is 11.8 Å². The normalized spacial score (nSPS) is 46.8. The minimum absolute atomic E-state index is 0.104. The zero-order valence-corrected chi connectivity index (χ0v) is 20.0. The Hall–Kier alpha value is -1.54. The molecule has 0 unspecified atom stereocenters. The number of hydrogen-bond acceptors (Lipinski definition) is 7. The summed E-state index contributed by atoms with van der Waals surface area (Å²) in [6.45, 7) is 11.8. The summed E-state index contributed by atoms with van der Waals surface area (Å²) in [6.07, 6.45) is 0.545. The molecule has 7 nitrogen and oxygen atoms in total. The van der Waals surface area contributed by atoms with Crippen molar-refractivity contribution in [3.8, 4) is 0 Å². The van der Waals surface area contributed by atoms with E-state index in [0.29, 0.717) is 5.57 Å². The number of ketones is 1. The lowest BCUT2D eigenvalue weighted by molar-refractivity contribution is -0.207. The van der Waals surface area contributed by atoms with Crippen LogP contribution >= 0.6 is 0 Å². The molecule has 0 aliphatic heterocycles. The van der Waals surface area contributed by atoms with Gasteiger partial charge in [0.25, 0.3) is 0 Å². The summed E-state index contributed by atoms with van der Waals surface area (Å²) < 4.78 is 5.77. The molecule has 2 saturated carbocycles. The monoisotopic (exact) mass is 448 g/mol. The highest BCUT2D eigenvalue weighted by Gasteiger charge is 2.81. The molecule has 2 bridgehead atoms. The summed E-state index contributed by atoms with van der Waals surface area (Å²) in [5.41, 5.74) is -5.69. The molecular formula is C25H36O7. The highest BCUT2D eigenvalue weighted by atomic mass is 16.6. The Bertz CT molecular complexity index is 940. The van der Waals surface area contributed by atoms with E-state index in [4.69, 9.17) is 4.74 Å². The van der Waals surface area contributed by atoms with Gasteiger partial charge in [0.1, 0.15) is 6.10 Å². The molecule has 0 radical (unpaired) electrons. The van der Waals surface area contributed by atoms with Gasteiger partial charge < -0.3 is 25.2 Å². The van der Waals surface area contributed by atoms with Gasteiger partial charge in [0, 0.05) is 17.3 Å². The van der Waals surface area contributed by atoms with Crippen molar-refractivity contribution in [3.63, 3.8) is 0 Å². The smallest absolute Gasteiger partial charge is 0.311 e. The Kier molecular flexibility index (Phi) is 4.82. The number of rotatable bonds is 2. The second-order valence-corrected chi connectivity index (χ2v) is 12.0. The molecule has 0 aromatic rings. The summed E-state index contributed by atoms with van der Waals surface area (Å²) in [7, 11) is 0. The van der Waals surface area contributed by atoms with Crippen LogP contribution in [0.4, 0.5) is 0 Å². The second kappa shape index (κ2) is 6.53. The largest absolute Gasteiger partial charge is 0.454 e. The first-order valence-corrected chi connectivity index (χ1v) is 11.4. The van der Waals surface area contributed by atoms with Crippen LogP contribution in [0.15, 0.2) is 23.3 Å². The molecule has 4 aliphatic rings. The molecule has 0 saturated heterocycles. The maximum Gasteiger partial charge on any atom is 0.311 e. The van der Waals surface area contributed by atoms with Crippen LogP contribution in [0, 0.1) is 34.0 Å². The molecule has 1 spiro atoms. The summed E-state index contributed by atoms with van der Waals surface area (Å²) >= 11 is 0. The van der Waals surface area contributed by atoms with Crippen LogP contribution in [-0.4, -0.2) is 62.2 Å². The molecule has 0 aromatic carbocycles. The van der Waals surface area contributed by atoms with Gasteiger partial charge >= 0.3 is 5.97 Å². The minimum Gasteiger partial charge on any atom is -0.454 e. The van der Waals surface area contributed by atoms with E-state index in [2.05, 4.69) is 0 Å². The molecule has 4 rings (SSSR count). The van der Waals surface area contributed by atoms with Gasteiger partial charge in [0.2, 0.25) is 0 Å². The minimum atomic E-state index is -2.20. The average Bonchev–Trinajstić information content (AvgIpc) is 3.04. The standard InChI is InChI=1S/C25H36O7/c1-12-9-23-13(2)10-24(30)16(22(24,6)7)15(18(23)28)8-14(11-26)17(27)25(23,31)19(12)32-20(29)21(3,4)5/h8-9,13,15-17,19,26-27,30-31H,10-11H2,1-7H3/t13-,15+,16-,17-,19+,23+,24+,25+/m1/s1. The average molecular weight is 449 g/mol. The predicted octanol–water partition coefficient (Wildman–Crippen LogP) is 1.53. The van der Waals surface area contributed by atoms with E-state index in [1.54, 1.807) is 40.7 Å². The lowest BCUT2D eigenvalue weighted by atomic mass is 9.59. The van der Waals surface area contributed by atoms with Crippen LogP contribution in [0.5, 0.6) is 0 Å². The van der Waals surface area contributed by atoms with Crippen LogP contribution in [-0.2, 0) is 14.3 Å². The SMILES string of the molecule is CC1=C[C@]23C(=O)[C@@H](C=C(CO)[C@@H](O)[C@]2(O)[C@H]1OC(=O)C(C)(C)C)[C@@H]1C(C)(C)[C@]1(O)C[C@H]3C. The number of Topliss-reactive ketones (excluding diaryl/α,β-unsaturated/α-hetero) is 1. The lowest BCUT2D eigenvalue weighted by Gasteiger charge is -2.49. The number of aliphatic hydroxyl groups excluding tert-OH is 2. The zero-order chi connectivity index (χ0) is 24.2. The van der Waals surface area contributed by atoms with Gasteiger partial charge in [-0.1, -0.05) is 32.9 Å². The van der Waals surface area contributed by atoms with Crippen LogP contribution in [0.1, 0.15) is 54.9 Å². The van der Waals surface area contributed by atoms with Crippen LogP contribution in [0.25, 0.3) is 0 Å². The van der Waals surface area contributed by atoms with Gasteiger partial charge in [0.05, 0.1) is 23.0 Å². The maximum absolute atomic E-state index is 14.2. The highest BCUT2D eigenvalue weighted by molar-refractivity contribution is 5.96. The van der Waals surface area contributed by atoms with Gasteiger partial charge in [0.15, 0.2) is 17.5 Å². The van der Waals surface area contributed by atoms with E-state index >= 15 is 0 Å². The number of carbonyl (C=O) groups is 2. The Morgan fingerprint density at radius 2 is 1.84 bits per heavy atom. The molecule has 4 N–H and O–H groups in total. The Morgan fingerprint density at radius 3 is 2.38 bits per heavy atom. The molecule has 4 aliphatic carbocycles. The van der Waals surface area contributed by atoms with Gasteiger partial charge in [-0.05, 0) is 51.2 Å². The van der Waals surface area contributed by atoms with E-state index < -0.39 is 70.0 Å². The lowest BCUT2D eigenvalue weighted by Crippen LogP contribution is -2.66. The van der Waals surface area contributed by atoms with Crippen molar-refractivity contribution in [2.24, 2.45) is 34.0 Å². The highest BCUT2D eigenvalue weighted by Crippen LogP contribution is 2.73. The van der Waals surface area contributed by atoms with Crippen molar-refractivity contribution in [2.75, 3.05) is 6.61 Å². The first-order chi connectivity index (χ1) is 14.5. The first-order valence-electron chi connectivity index (χ1n) is 11.4. The van der Waals surface area contributed by atoms with Crippen molar-refractivity contribution in [1.82, 2.24) is 0 Å². The van der Waals surface area contributed by atoms with Crippen LogP contribution in [0.3, 0.4) is 0 Å². The molecule has 0 amide bonds. The maximum atomic E-state index is 14.2. The van der Waals surface area contributed by atoms with Crippen LogP contribution < -0.4 is 0 Å². The fourth-order valence-electron chi connectivity index (χ4n) is 6.98. The Balaban J connectivity index is 1.94. The molecule has 8 atom stereocenters. The third-order valence-corrected chi connectivity index (χ3v) is 8.90. The quantitative estimate of drug-likeness (QED) is 0.373. The molecule has 2 fully saturated rings. The summed E-state index contributed by atoms with van der Waals surface area (Å²) in [5.74, 6) is -2.61. The number of aliphatic hydroxyl groups is 4. The number of ether oxygens (including phenoxy) is 1. The third kappa shape index (κ3) is 2.51. The van der Waals surface area contributed by atoms with Crippen molar-refractivity contribution < 1.29 is 34.8 Å². The summed E-state index contributed by atoms with van der Waals surface area (Å²) in [5, 5.41) is 45.3. The molecule has 0 aromatic heterocycles. The molecule has 178 valence electrons. The van der Waals surface area contributed by atoms with Crippen LogP contribution in [0.2, 0.25) is 0 Å². The second-order valence-electron chi connectivity index (χ2n) is 12.0. The van der Waals surface area contributed by atoms with E-state index in [0.717, 1.165) is 0 Å². The third-order valence-electron chi connectivity index (χ3n) is 8.90. The zero-order valence-electron chi connectivity index (χ0n) is 20.0. The van der Waals surface area contributed by atoms with E-state index in [9.17, 15) is 30.0 Å². The molecule has 7 heteroatoms. The molecule has 32 heavy (non-hydrogen) atoms. The van der Waals surface area contributed by atoms with E-state index in [1.807, 2.05) is 13.8 Å². The first kappa shape index (κ1) is 23.6. The molecular weight excluding hydrogens is 412 g/mol. The number of allylic oxidation sites excluding steroid dienone is 1.